The van der Waals surface area contributed by atoms with Crippen LogP contribution in [0.2, 0.25) is 0 Å². The Hall–Kier alpha value is -1.91. The summed E-state index contributed by atoms with van der Waals surface area (Å²) in [6.45, 7) is -0.0200. The molecule has 5 nitrogen and oxygen atoms in total. The van der Waals surface area contributed by atoms with E-state index in [1.165, 1.54) is 19.3 Å². The van der Waals surface area contributed by atoms with Crippen molar-refractivity contribution in [1.82, 2.24) is 5.32 Å². The normalized spacial score (nSPS) is 15.7. The van der Waals surface area contributed by atoms with E-state index in [1.54, 1.807) is 25.3 Å². The summed E-state index contributed by atoms with van der Waals surface area (Å²) in [7, 11) is 1.57. The highest BCUT2D eigenvalue weighted by atomic mass is 16.5. The fourth-order valence-corrected chi connectivity index (χ4v) is 2.43. The molecule has 0 aliphatic heterocycles. The summed E-state index contributed by atoms with van der Waals surface area (Å²) in [6, 6.07) is 5.43. The van der Waals surface area contributed by atoms with Crippen molar-refractivity contribution < 1.29 is 14.3 Å². The van der Waals surface area contributed by atoms with E-state index < -0.39 is 0 Å². The summed E-state index contributed by atoms with van der Waals surface area (Å²) in [5, 5.41) is 3.00. The van der Waals surface area contributed by atoms with Gasteiger partial charge >= 0.3 is 0 Å². The predicted molar refractivity (Wildman–Crippen MR) is 77.9 cm³/mol. The van der Waals surface area contributed by atoms with Gasteiger partial charge in [-0.2, -0.15) is 0 Å². The smallest absolute Gasteiger partial charge is 0.258 e. The Labute approximate surface area is 119 Å². The zero-order chi connectivity index (χ0) is 14.4. The highest BCUT2D eigenvalue weighted by molar-refractivity contribution is 5.78. The molecule has 0 radical (unpaired) electrons. The van der Waals surface area contributed by atoms with E-state index in [2.05, 4.69) is 5.32 Å². The Bertz CT molecular complexity index is 456. The lowest BCUT2D eigenvalue weighted by molar-refractivity contribution is -0.124. The second-order valence-electron chi connectivity index (χ2n) is 5.09. The Balaban J connectivity index is 1.83. The van der Waals surface area contributed by atoms with Crippen LogP contribution < -0.4 is 20.5 Å². The topological polar surface area (TPSA) is 73.6 Å². The number of rotatable bonds is 5. The molecule has 1 aromatic rings. The van der Waals surface area contributed by atoms with Crippen molar-refractivity contribution in [3.05, 3.63) is 18.2 Å². The van der Waals surface area contributed by atoms with Crippen molar-refractivity contribution in [2.45, 2.75) is 38.1 Å². The Morgan fingerprint density at radius 2 is 2.10 bits per heavy atom. The van der Waals surface area contributed by atoms with Gasteiger partial charge in [0.05, 0.1) is 12.8 Å². The first-order chi connectivity index (χ1) is 9.69. The molecule has 0 spiro atoms. The number of hydrogen-bond donors (Lipinski definition) is 2. The number of benzene rings is 1. The van der Waals surface area contributed by atoms with Gasteiger partial charge < -0.3 is 20.5 Å². The van der Waals surface area contributed by atoms with Crippen molar-refractivity contribution in [3.63, 3.8) is 0 Å². The molecule has 1 amide bonds. The molecule has 0 atom stereocenters. The van der Waals surface area contributed by atoms with Crippen molar-refractivity contribution in [2.75, 3.05) is 19.5 Å². The maximum atomic E-state index is 11.8. The largest absolute Gasteiger partial charge is 0.497 e. The highest BCUT2D eigenvalue weighted by Crippen LogP contribution is 2.26. The number of hydrogen-bond acceptors (Lipinski definition) is 4. The number of amides is 1. The molecule has 0 bridgehead atoms. The van der Waals surface area contributed by atoms with Gasteiger partial charge in [0.2, 0.25) is 0 Å². The Kier molecular flexibility index (Phi) is 5.09. The first-order valence-corrected chi connectivity index (χ1v) is 7.04. The number of nitrogens with one attached hydrogen (secondary N) is 1. The fourth-order valence-electron chi connectivity index (χ4n) is 2.43. The van der Waals surface area contributed by atoms with E-state index in [4.69, 9.17) is 15.2 Å². The van der Waals surface area contributed by atoms with Crippen LogP contribution in [-0.2, 0) is 4.79 Å². The van der Waals surface area contributed by atoms with Gasteiger partial charge in [-0.25, -0.2) is 0 Å². The van der Waals surface area contributed by atoms with Crippen LogP contribution in [0.15, 0.2) is 18.2 Å². The van der Waals surface area contributed by atoms with Gasteiger partial charge in [0.25, 0.3) is 5.91 Å². The van der Waals surface area contributed by atoms with Crippen molar-refractivity contribution >= 4 is 11.6 Å². The molecule has 1 aromatic carbocycles. The molecule has 1 saturated carbocycles. The Morgan fingerprint density at radius 3 is 2.80 bits per heavy atom. The van der Waals surface area contributed by atoms with Crippen LogP contribution in [0.5, 0.6) is 11.5 Å². The molecule has 0 saturated heterocycles. The van der Waals surface area contributed by atoms with Gasteiger partial charge in [0.1, 0.15) is 11.5 Å². The van der Waals surface area contributed by atoms with E-state index in [9.17, 15) is 4.79 Å². The highest BCUT2D eigenvalue weighted by Gasteiger charge is 2.16. The Morgan fingerprint density at radius 1 is 1.35 bits per heavy atom. The third-order valence-corrected chi connectivity index (χ3v) is 3.55. The van der Waals surface area contributed by atoms with Crippen molar-refractivity contribution in [1.29, 1.82) is 0 Å². The van der Waals surface area contributed by atoms with E-state index in [1.807, 2.05) is 0 Å². The van der Waals surface area contributed by atoms with Crippen molar-refractivity contribution in [3.8, 4) is 11.5 Å². The molecule has 110 valence electrons. The van der Waals surface area contributed by atoms with Gasteiger partial charge in [-0.1, -0.05) is 19.3 Å². The van der Waals surface area contributed by atoms with Crippen LogP contribution in [0.1, 0.15) is 32.1 Å². The monoisotopic (exact) mass is 278 g/mol. The molecule has 1 fully saturated rings. The summed E-state index contributed by atoms with van der Waals surface area (Å²) in [5.74, 6) is 1.03. The number of nitrogen functional groups attached to an aromatic ring is 1. The third-order valence-electron chi connectivity index (χ3n) is 3.55. The molecular weight excluding hydrogens is 256 g/mol. The minimum Gasteiger partial charge on any atom is -0.497 e. The molecule has 1 aliphatic carbocycles. The van der Waals surface area contributed by atoms with Gasteiger partial charge in [-0.15, -0.1) is 0 Å². The average molecular weight is 278 g/mol. The number of anilines is 1. The fraction of sp³-hybridized carbons (Fsp3) is 0.533. The third kappa shape index (κ3) is 4.05. The number of carbonyl (C=O) groups is 1. The van der Waals surface area contributed by atoms with Crippen LogP contribution in [-0.4, -0.2) is 25.7 Å². The molecule has 0 unspecified atom stereocenters. The molecule has 1 aliphatic rings. The second kappa shape index (κ2) is 7.03. The van der Waals surface area contributed by atoms with Crippen LogP contribution in [0, 0.1) is 0 Å². The van der Waals surface area contributed by atoms with Gasteiger partial charge in [0, 0.05) is 12.1 Å². The molecule has 20 heavy (non-hydrogen) atoms. The second-order valence-corrected chi connectivity index (χ2v) is 5.09. The molecule has 2 rings (SSSR count). The summed E-state index contributed by atoms with van der Waals surface area (Å²) in [6.07, 6.45) is 5.77. The molecule has 5 heteroatoms. The van der Waals surface area contributed by atoms with E-state index in [0.717, 1.165) is 12.8 Å². The number of nitrogens with two attached hydrogens (primary N) is 1. The van der Waals surface area contributed by atoms with Gasteiger partial charge in [0.15, 0.2) is 6.61 Å². The zero-order valence-corrected chi connectivity index (χ0v) is 11.9. The average Bonchev–Trinajstić information content (AvgIpc) is 2.47. The standard InChI is InChI=1S/C15H22N2O3/c1-19-12-7-8-13(16)14(9-12)20-10-15(18)17-11-5-3-2-4-6-11/h7-9,11H,2-6,10,16H2,1H3,(H,17,18). The predicted octanol–water partition coefficient (Wildman–Crippen LogP) is 2.11. The van der Waals surface area contributed by atoms with Crippen LogP contribution >= 0.6 is 0 Å². The van der Waals surface area contributed by atoms with Crippen LogP contribution in [0.3, 0.4) is 0 Å². The SMILES string of the molecule is COc1ccc(N)c(OCC(=O)NC2CCCCC2)c1. The maximum Gasteiger partial charge on any atom is 0.258 e. The summed E-state index contributed by atoms with van der Waals surface area (Å²) in [5.41, 5.74) is 6.30. The lowest BCUT2D eigenvalue weighted by Gasteiger charge is -2.22. The van der Waals surface area contributed by atoms with Crippen LogP contribution in [0.25, 0.3) is 0 Å². The first kappa shape index (κ1) is 14.5. The van der Waals surface area contributed by atoms with E-state index in [0.29, 0.717) is 23.2 Å². The number of carbonyl (C=O) groups excluding carboxylic acids is 1. The van der Waals surface area contributed by atoms with Gasteiger partial charge in [-0.3, -0.25) is 4.79 Å². The molecule has 3 N–H and O–H groups in total. The molecular formula is C15H22N2O3. The number of ether oxygens (including phenoxy) is 2. The maximum absolute atomic E-state index is 11.8. The summed E-state index contributed by atoms with van der Waals surface area (Å²) >= 11 is 0. The molecule has 0 aromatic heterocycles. The zero-order valence-electron chi connectivity index (χ0n) is 11.9. The summed E-state index contributed by atoms with van der Waals surface area (Å²) in [4.78, 5) is 11.8. The first-order valence-electron chi connectivity index (χ1n) is 7.04. The van der Waals surface area contributed by atoms with Gasteiger partial charge in [-0.05, 0) is 25.0 Å². The van der Waals surface area contributed by atoms with Crippen LogP contribution in [0.4, 0.5) is 5.69 Å². The lowest BCUT2D eigenvalue weighted by Crippen LogP contribution is -2.39. The molecule has 0 heterocycles. The summed E-state index contributed by atoms with van der Waals surface area (Å²) < 4.78 is 10.6. The number of methoxy groups -OCH3 is 1. The van der Waals surface area contributed by atoms with E-state index in [-0.39, 0.29) is 12.5 Å². The van der Waals surface area contributed by atoms with E-state index >= 15 is 0 Å². The minimum absolute atomic E-state index is 0.0200. The lowest BCUT2D eigenvalue weighted by atomic mass is 9.95. The quantitative estimate of drug-likeness (QED) is 0.809. The minimum atomic E-state index is -0.0980. The van der Waals surface area contributed by atoms with Crippen molar-refractivity contribution in [2.24, 2.45) is 0 Å².